The summed E-state index contributed by atoms with van der Waals surface area (Å²) in [6, 6.07) is 9.58. The quantitative estimate of drug-likeness (QED) is 0.676. The molecule has 1 unspecified atom stereocenters. The van der Waals surface area contributed by atoms with Crippen molar-refractivity contribution in [2.45, 2.75) is 45.8 Å². The van der Waals surface area contributed by atoms with Gasteiger partial charge in [-0.1, -0.05) is 0 Å². The molecule has 178 valence electrons. The van der Waals surface area contributed by atoms with Crippen LogP contribution in [0.25, 0.3) is 0 Å². The van der Waals surface area contributed by atoms with Gasteiger partial charge in [0.05, 0.1) is 24.7 Å². The average Bonchev–Trinajstić information content (AvgIpc) is 3.01. The first-order valence-electron chi connectivity index (χ1n) is 10.4. The highest BCUT2D eigenvalue weighted by atomic mass is 32.2. The van der Waals surface area contributed by atoms with E-state index in [0.29, 0.717) is 34.8 Å². The van der Waals surface area contributed by atoms with Gasteiger partial charge in [0.1, 0.15) is 11.4 Å². The van der Waals surface area contributed by atoms with E-state index in [0.717, 1.165) is 5.56 Å². The number of amides is 2. The first kappa shape index (κ1) is 24.4. The maximum Gasteiger partial charge on any atom is 0.412 e. The largest absolute Gasteiger partial charge is 0.495 e. The van der Waals surface area contributed by atoms with Crippen molar-refractivity contribution >= 4 is 39.1 Å². The molecule has 0 saturated carbocycles. The molecule has 2 aromatic carbocycles. The number of hydrogen-bond donors (Lipinski definition) is 2. The van der Waals surface area contributed by atoms with E-state index in [1.54, 1.807) is 57.2 Å². The summed E-state index contributed by atoms with van der Waals surface area (Å²) in [6.07, 6.45) is 1.05. The summed E-state index contributed by atoms with van der Waals surface area (Å²) < 4.78 is 36.1. The fraction of sp³-hybridized carbons (Fsp3) is 0.391. The zero-order valence-electron chi connectivity index (χ0n) is 19.6. The first-order chi connectivity index (χ1) is 15.3. The predicted molar refractivity (Wildman–Crippen MR) is 128 cm³/mol. The van der Waals surface area contributed by atoms with Crippen molar-refractivity contribution in [1.82, 2.24) is 0 Å². The molecule has 2 amide bonds. The molecule has 2 aromatic rings. The Kier molecular flexibility index (Phi) is 6.60. The van der Waals surface area contributed by atoms with Crippen LogP contribution in [0.1, 0.15) is 43.6 Å². The van der Waals surface area contributed by atoms with E-state index in [9.17, 15) is 18.0 Å². The van der Waals surface area contributed by atoms with Crippen LogP contribution in [0.5, 0.6) is 5.75 Å². The van der Waals surface area contributed by atoms with Gasteiger partial charge in [0.15, 0.2) is 0 Å². The minimum absolute atomic E-state index is 0.212. The Bertz CT molecular complexity index is 1190. The minimum Gasteiger partial charge on any atom is -0.495 e. The van der Waals surface area contributed by atoms with Crippen molar-refractivity contribution in [1.29, 1.82) is 0 Å². The number of ether oxygens (including phenoxy) is 2. The van der Waals surface area contributed by atoms with E-state index < -0.39 is 21.7 Å². The molecule has 1 aliphatic rings. The summed E-state index contributed by atoms with van der Waals surface area (Å²) in [5, 5.41) is 5.43. The summed E-state index contributed by atoms with van der Waals surface area (Å²) in [7, 11) is -1.93. The highest BCUT2D eigenvalue weighted by Crippen LogP contribution is 2.35. The molecular formula is C23H29N3O6S. The van der Waals surface area contributed by atoms with E-state index in [4.69, 9.17) is 9.47 Å². The molecule has 1 heterocycles. The molecular weight excluding hydrogens is 446 g/mol. The first-order valence-corrected chi connectivity index (χ1v) is 12.2. The van der Waals surface area contributed by atoms with E-state index in [2.05, 4.69) is 10.6 Å². The maximum atomic E-state index is 12.9. The zero-order chi connectivity index (χ0) is 24.6. The maximum absolute atomic E-state index is 12.9. The number of hydrogen-bond acceptors (Lipinski definition) is 6. The van der Waals surface area contributed by atoms with Crippen LogP contribution < -0.4 is 19.7 Å². The Balaban J connectivity index is 1.80. The van der Waals surface area contributed by atoms with Gasteiger partial charge in [-0.3, -0.25) is 14.4 Å². The molecule has 0 saturated heterocycles. The lowest BCUT2D eigenvalue weighted by Gasteiger charge is -2.22. The standard InChI is InChI=1S/C23H29N3O6S/c1-14-11-16-12-15(7-9-19(16)26(14)33(6,29)30)21(27)24-17-8-10-20(31-5)18(13-17)25-22(28)32-23(2,3)4/h7-10,12-14H,11H2,1-6H3,(H,24,27)(H,25,28). The topological polar surface area (TPSA) is 114 Å². The zero-order valence-corrected chi connectivity index (χ0v) is 20.4. The molecule has 0 aliphatic carbocycles. The van der Waals surface area contributed by atoms with Gasteiger partial charge in [0, 0.05) is 17.3 Å². The summed E-state index contributed by atoms with van der Waals surface area (Å²) in [6.45, 7) is 7.10. The number of anilines is 3. The lowest BCUT2D eigenvalue weighted by molar-refractivity contribution is 0.0635. The summed E-state index contributed by atoms with van der Waals surface area (Å²) in [5.74, 6) is 0.0443. The van der Waals surface area contributed by atoms with Crippen molar-refractivity contribution in [2.24, 2.45) is 0 Å². The lowest BCUT2D eigenvalue weighted by Crippen LogP contribution is -2.34. The highest BCUT2D eigenvalue weighted by molar-refractivity contribution is 7.92. The Morgan fingerprint density at radius 2 is 1.79 bits per heavy atom. The number of fused-ring (bicyclic) bond motifs is 1. The number of carbonyl (C=O) groups excluding carboxylic acids is 2. The molecule has 0 aromatic heterocycles. The van der Waals surface area contributed by atoms with E-state index in [1.807, 2.05) is 6.92 Å². The van der Waals surface area contributed by atoms with Gasteiger partial charge < -0.3 is 14.8 Å². The number of carbonyl (C=O) groups is 2. The number of nitrogens with one attached hydrogen (secondary N) is 2. The monoisotopic (exact) mass is 475 g/mol. The van der Waals surface area contributed by atoms with Crippen LogP contribution in [-0.4, -0.2) is 45.4 Å². The van der Waals surface area contributed by atoms with Crippen LogP contribution in [0.3, 0.4) is 0 Å². The fourth-order valence-corrected chi connectivity index (χ4v) is 5.01. The van der Waals surface area contributed by atoms with E-state index in [1.165, 1.54) is 17.7 Å². The number of rotatable bonds is 5. The summed E-state index contributed by atoms with van der Waals surface area (Å²) in [4.78, 5) is 25.0. The number of sulfonamides is 1. The summed E-state index contributed by atoms with van der Waals surface area (Å²) >= 11 is 0. The second-order valence-corrected chi connectivity index (χ2v) is 10.8. The molecule has 0 fully saturated rings. The average molecular weight is 476 g/mol. The lowest BCUT2D eigenvalue weighted by atomic mass is 10.1. The summed E-state index contributed by atoms with van der Waals surface area (Å²) in [5.41, 5.74) is 1.90. The van der Waals surface area contributed by atoms with Crippen LogP contribution in [0, 0.1) is 0 Å². The molecule has 33 heavy (non-hydrogen) atoms. The third-order valence-corrected chi connectivity index (χ3v) is 6.22. The van der Waals surface area contributed by atoms with Gasteiger partial charge in [-0.05, 0) is 76.1 Å². The van der Waals surface area contributed by atoms with Crippen LogP contribution in [0.15, 0.2) is 36.4 Å². The third-order valence-electron chi connectivity index (χ3n) is 4.95. The van der Waals surface area contributed by atoms with Crippen molar-refractivity contribution in [3.8, 4) is 5.75 Å². The van der Waals surface area contributed by atoms with Gasteiger partial charge in [0.25, 0.3) is 5.91 Å². The van der Waals surface area contributed by atoms with Crippen molar-refractivity contribution in [3.63, 3.8) is 0 Å². The van der Waals surface area contributed by atoms with E-state index in [-0.39, 0.29) is 11.9 Å². The third kappa shape index (κ3) is 5.75. The molecule has 1 atom stereocenters. The van der Waals surface area contributed by atoms with Gasteiger partial charge in [-0.25, -0.2) is 13.2 Å². The molecule has 10 heteroatoms. The Hall–Kier alpha value is -3.27. The van der Waals surface area contributed by atoms with Crippen molar-refractivity contribution < 1.29 is 27.5 Å². The van der Waals surface area contributed by atoms with Crippen molar-refractivity contribution in [2.75, 3.05) is 28.3 Å². The minimum atomic E-state index is -3.40. The fourth-order valence-electron chi connectivity index (χ4n) is 3.75. The molecule has 9 nitrogen and oxygen atoms in total. The van der Waals surface area contributed by atoms with Crippen LogP contribution in [0.4, 0.5) is 21.9 Å². The Labute approximate surface area is 194 Å². The van der Waals surface area contributed by atoms with Crippen LogP contribution >= 0.6 is 0 Å². The Morgan fingerprint density at radius 1 is 1.09 bits per heavy atom. The van der Waals surface area contributed by atoms with Gasteiger partial charge >= 0.3 is 6.09 Å². The van der Waals surface area contributed by atoms with Gasteiger partial charge in [0.2, 0.25) is 10.0 Å². The number of benzene rings is 2. The molecule has 3 rings (SSSR count). The van der Waals surface area contributed by atoms with Crippen LogP contribution in [0.2, 0.25) is 0 Å². The normalized spacial score (nSPS) is 15.6. The number of nitrogens with zero attached hydrogens (tertiary/aromatic N) is 1. The van der Waals surface area contributed by atoms with Crippen molar-refractivity contribution in [3.05, 3.63) is 47.5 Å². The second kappa shape index (κ2) is 8.93. The molecule has 2 N–H and O–H groups in total. The van der Waals surface area contributed by atoms with Crippen LogP contribution in [-0.2, 0) is 21.2 Å². The molecule has 0 spiro atoms. The number of methoxy groups -OCH3 is 1. The molecule has 0 bridgehead atoms. The second-order valence-electron chi connectivity index (χ2n) is 8.95. The molecule has 0 radical (unpaired) electrons. The molecule has 1 aliphatic heterocycles. The predicted octanol–water partition coefficient (Wildman–Crippen LogP) is 4.01. The van der Waals surface area contributed by atoms with E-state index >= 15 is 0 Å². The highest BCUT2D eigenvalue weighted by Gasteiger charge is 2.32. The Morgan fingerprint density at radius 3 is 2.39 bits per heavy atom. The SMILES string of the molecule is COc1ccc(NC(=O)c2ccc3c(c2)CC(C)N3S(C)(=O)=O)cc1NC(=O)OC(C)(C)C. The van der Waals surface area contributed by atoms with Gasteiger partial charge in [-0.15, -0.1) is 0 Å². The smallest absolute Gasteiger partial charge is 0.412 e. The van der Waals surface area contributed by atoms with Gasteiger partial charge in [-0.2, -0.15) is 0 Å².